The van der Waals surface area contributed by atoms with Gasteiger partial charge in [0.15, 0.2) is 0 Å². The SMILES string of the molecule is C=CC(=O)Nc1cc2c(Nc3cccc(-c4ccc(C)cc4)c3)ncnc2cc1OCCCN1CCOCC1. The minimum absolute atomic E-state index is 0.315. The molecule has 8 heteroatoms. The summed E-state index contributed by atoms with van der Waals surface area (Å²) in [6.45, 7) is 10.5. The Morgan fingerprint density at radius 1 is 1.08 bits per heavy atom. The number of amides is 1. The van der Waals surface area contributed by atoms with E-state index in [1.54, 1.807) is 0 Å². The number of morpholine rings is 1. The predicted octanol–water partition coefficient (Wildman–Crippen LogP) is 5.57. The Morgan fingerprint density at radius 2 is 1.90 bits per heavy atom. The van der Waals surface area contributed by atoms with E-state index in [9.17, 15) is 4.79 Å². The lowest BCUT2D eigenvalue weighted by molar-refractivity contribution is -0.111. The third-order valence-electron chi connectivity index (χ3n) is 6.67. The number of carbonyl (C=O) groups is 1. The van der Waals surface area contributed by atoms with Crippen LogP contribution in [0.5, 0.6) is 5.75 Å². The van der Waals surface area contributed by atoms with Gasteiger partial charge < -0.3 is 20.1 Å². The van der Waals surface area contributed by atoms with Crippen molar-refractivity contribution < 1.29 is 14.3 Å². The second-order valence-corrected chi connectivity index (χ2v) is 9.51. The molecule has 1 aliphatic rings. The monoisotopic (exact) mass is 523 g/mol. The fourth-order valence-electron chi connectivity index (χ4n) is 4.54. The van der Waals surface area contributed by atoms with E-state index in [4.69, 9.17) is 9.47 Å². The standard InChI is InChI=1S/C31H33N5O3/c1-3-30(37)35-28-19-26-27(20-29(28)39-15-5-12-36-13-16-38-17-14-36)32-21-33-31(26)34-25-7-4-6-24(18-25)23-10-8-22(2)9-11-23/h3-4,6-11,18-21H,1,5,12-17H2,2H3,(H,35,37)(H,32,33,34). The van der Waals surface area contributed by atoms with Gasteiger partial charge in [-0.15, -0.1) is 0 Å². The summed E-state index contributed by atoms with van der Waals surface area (Å²) < 4.78 is 11.5. The molecule has 1 amide bonds. The third-order valence-corrected chi connectivity index (χ3v) is 6.67. The van der Waals surface area contributed by atoms with Gasteiger partial charge in [-0.05, 0) is 48.7 Å². The molecule has 200 valence electrons. The predicted molar refractivity (Wildman–Crippen MR) is 156 cm³/mol. The van der Waals surface area contributed by atoms with Crippen LogP contribution in [0.4, 0.5) is 17.2 Å². The Balaban J connectivity index is 1.38. The van der Waals surface area contributed by atoms with Gasteiger partial charge in [0.2, 0.25) is 5.91 Å². The molecule has 1 fully saturated rings. The van der Waals surface area contributed by atoms with E-state index in [0.717, 1.165) is 61.5 Å². The van der Waals surface area contributed by atoms with Crippen molar-refractivity contribution in [2.75, 3.05) is 50.1 Å². The number of aromatic nitrogens is 2. The van der Waals surface area contributed by atoms with Crippen LogP contribution in [-0.2, 0) is 9.53 Å². The highest BCUT2D eigenvalue weighted by Crippen LogP contribution is 2.34. The maximum absolute atomic E-state index is 12.2. The van der Waals surface area contributed by atoms with Gasteiger partial charge in [0.05, 0.1) is 31.0 Å². The van der Waals surface area contributed by atoms with Crippen LogP contribution in [0.25, 0.3) is 22.0 Å². The highest BCUT2D eigenvalue weighted by Gasteiger charge is 2.14. The van der Waals surface area contributed by atoms with Gasteiger partial charge >= 0.3 is 0 Å². The molecule has 0 unspecified atom stereocenters. The highest BCUT2D eigenvalue weighted by atomic mass is 16.5. The molecule has 2 heterocycles. The van der Waals surface area contributed by atoms with Crippen molar-refractivity contribution in [3.8, 4) is 16.9 Å². The normalized spacial score (nSPS) is 13.7. The first kappa shape index (κ1) is 26.3. The molecule has 0 saturated carbocycles. The van der Waals surface area contributed by atoms with E-state index in [2.05, 4.69) is 75.4 Å². The third kappa shape index (κ3) is 6.79. The molecular weight excluding hydrogens is 490 g/mol. The van der Waals surface area contributed by atoms with Crippen molar-refractivity contribution in [2.24, 2.45) is 0 Å². The van der Waals surface area contributed by atoms with Gasteiger partial charge in [-0.25, -0.2) is 9.97 Å². The molecule has 1 saturated heterocycles. The lowest BCUT2D eigenvalue weighted by Gasteiger charge is -2.26. The topological polar surface area (TPSA) is 88.6 Å². The van der Waals surface area contributed by atoms with Crippen LogP contribution < -0.4 is 15.4 Å². The molecule has 0 atom stereocenters. The fourth-order valence-corrected chi connectivity index (χ4v) is 4.54. The summed E-state index contributed by atoms with van der Waals surface area (Å²) in [6.07, 6.45) is 3.63. The first-order valence-corrected chi connectivity index (χ1v) is 13.2. The molecule has 39 heavy (non-hydrogen) atoms. The van der Waals surface area contributed by atoms with Crippen molar-refractivity contribution >= 4 is 34.0 Å². The molecule has 0 bridgehead atoms. The minimum Gasteiger partial charge on any atom is -0.491 e. The van der Waals surface area contributed by atoms with Crippen LogP contribution >= 0.6 is 0 Å². The number of ether oxygens (including phenoxy) is 2. The summed E-state index contributed by atoms with van der Waals surface area (Å²) >= 11 is 0. The summed E-state index contributed by atoms with van der Waals surface area (Å²) in [7, 11) is 0. The van der Waals surface area contributed by atoms with E-state index in [1.165, 1.54) is 18.0 Å². The van der Waals surface area contributed by atoms with E-state index in [0.29, 0.717) is 29.4 Å². The molecule has 3 aromatic carbocycles. The smallest absolute Gasteiger partial charge is 0.247 e. The molecule has 1 aromatic heterocycles. The van der Waals surface area contributed by atoms with E-state index in [-0.39, 0.29) is 5.91 Å². The van der Waals surface area contributed by atoms with E-state index in [1.807, 2.05) is 24.3 Å². The first-order valence-electron chi connectivity index (χ1n) is 13.2. The summed E-state index contributed by atoms with van der Waals surface area (Å²) in [5.41, 5.74) is 5.62. The lowest BCUT2D eigenvalue weighted by Crippen LogP contribution is -2.37. The zero-order valence-electron chi connectivity index (χ0n) is 22.2. The summed E-state index contributed by atoms with van der Waals surface area (Å²) in [4.78, 5) is 23.6. The summed E-state index contributed by atoms with van der Waals surface area (Å²) in [5.74, 6) is 0.879. The molecule has 4 aromatic rings. The molecule has 0 aliphatic carbocycles. The van der Waals surface area contributed by atoms with Crippen molar-refractivity contribution in [1.82, 2.24) is 14.9 Å². The largest absolute Gasteiger partial charge is 0.491 e. The van der Waals surface area contributed by atoms with Crippen molar-refractivity contribution in [2.45, 2.75) is 13.3 Å². The highest BCUT2D eigenvalue weighted by molar-refractivity contribution is 6.03. The first-order chi connectivity index (χ1) is 19.1. The Morgan fingerprint density at radius 3 is 2.69 bits per heavy atom. The second-order valence-electron chi connectivity index (χ2n) is 9.51. The number of fused-ring (bicyclic) bond motifs is 1. The molecule has 5 rings (SSSR count). The van der Waals surface area contributed by atoms with Crippen molar-refractivity contribution in [3.05, 3.63) is 85.2 Å². The van der Waals surface area contributed by atoms with E-state index < -0.39 is 0 Å². The molecule has 0 spiro atoms. The Bertz CT molecular complexity index is 1450. The molecule has 1 aliphatic heterocycles. The molecule has 8 nitrogen and oxygen atoms in total. The summed E-state index contributed by atoms with van der Waals surface area (Å²) in [5, 5.41) is 7.07. The Hall–Kier alpha value is -4.27. The van der Waals surface area contributed by atoms with Gasteiger partial charge in [0.1, 0.15) is 17.9 Å². The van der Waals surface area contributed by atoms with E-state index >= 15 is 0 Å². The van der Waals surface area contributed by atoms with Gasteiger partial charge in [0, 0.05) is 36.8 Å². The van der Waals surface area contributed by atoms with Gasteiger partial charge in [-0.3, -0.25) is 9.69 Å². The summed E-state index contributed by atoms with van der Waals surface area (Å²) in [6, 6.07) is 20.3. The molecule has 0 radical (unpaired) electrons. The number of hydrogen-bond acceptors (Lipinski definition) is 7. The Kier molecular flexibility index (Phi) is 8.45. The average molecular weight is 524 g/mol. The fraction of sp³-hybridized carbons (Fsp3) is 0.258. The van der Waals surface area contributed by atoms with Crippen molar-refractivity contribution in [3.63, 3.8) is 0 Å². The maximum Gasteiger partial charge on any atom is 0.247 e. The molecule has 2 N–H and O–H groups in total. The number of carbonyl (C=O) groups excluding carboxylic acids is 1. The minimum atomic E-state index is -0.315. The van der Waals surface area contributed by atoms with Crippen LogP contribution in [0.15, 0.2) is 79.6 Å². The van der Waals surface area contributed by atoms with Gasteiger partial charge in [-0.1, -0.05) is 48.5 Å². The van der Waals surface area contributed by atoms with Crippen molar-refractivity contribution in [1.29, 1.82) is 0 Å². The quantitative estimate of drug-likeness (QED) is 0.207. The number of benzene rings is 3. The van der Waals surface area contributed by atoms with Crippen LogP contribution in [-0.4, -0.2) is 60.2 Å². The maximum atomic E-state index is 12.2. The number of anilines is 3. The number of rotatable bonds is 10. The molecular formula is C31H33N5O3. The lowest BCUT2D eigenvalue weighted by atomic mass is 10.0. The number of hydrogen-bond donors (Lipinski definition) is 2. The van der Waals surface area contributed by atoms with Crippen LogP contribution in [0, 0.1) is 6.92 Å². The Labute approximate surface area is 228 Å². The zero-order chi connectivity index (χ0) is 27.0. The van der Waals surface area contributed by atoms with Gasteiger partial charge in [-0.2, -0.15) is 0 Å². The van der Waals surface area contributed by atoms with Gasteiger partial charge in [0.25, 0.3) is 0 Å². The number of nitrogens with zero attached hydrogens (tertiary/aromatic N) is 3. The second kappa shape index (κ2) is 12.5. The average Bonchev–Trinajstić information content (AvgIpc) is 2.97. The van der Waals surface area contributed by atoms with Crippen LogP contribution in [0.1, 0.15) is 12.0 Å². The number of aryl methyl sites for hydroxylation is 1. The number of nitrogens with one attached hydrogen (secondary N) is 2. The van der Waals surface area contributed by atoms with Crippen LogP contribution in [0.2, 0.25) is 0 Å². The zero-order valence-corrected chi connectivity index (χ0v) is 22.2. The van der Waals surface area contributed by atoms with Crippen LogP contribution in [0.3, 0.4) is 0 Å².